The van der Waals surface area contributed by atoms with E-state index in [2.05, 4.69) is 0 Å². The Morgan fingerprint density at radius 3 is 2.23 bits per heavy atom. The van der Waals surface area contributed by atoms with Gasteiger partial charge in [0.1, 0.15) is 11.9 Å². The normalized spacial score (nSPS) is 15.9. The fourth-order valence-corrected chi connectivity index (χ4v) is 3.10. The Morgan fingerprint density at radius 2 is 1.54 bits per heavy atom. The molecule has 1 fully saturated rings. The molecule has 3 aromatic rings. The smallest absolute Gasteiger partial charge is 0.167 e. The van der Waals surface area contributed by atoms with Gasteiger partial charge in [0.05, 0.1) is 6.61 Å². The molecule has 4 heteroatoms. The summed E-state index contributed by atoms with van der Waals surface area (Å²) in [4.78, 5) is 0. The van der Waals surface area contributed by atoms with Crippen LogP contribution >= 0.6 is 0 Å². The lowest BCUT2D eigenvalue weighted by atomic mass is 9.98. The number of hydrogen-bond donors (Lipinski definition) is 0. The van der Waals surface area contributed by atoms with Crippen LogP contribution in [0.4, 0.5) is 13.2 Å². The predicted octanol–water partition coefficient (Wildman–Crippen LogP) is 5.63. The van der Waals surface area contributed by atoms with E-state index in [-0.39, 0.29) is 23.0 Å². The van der Waals surface area contributed by atoms with Gasteiger partial charge in [-0.3, -0.25) is 0 Å². The maximum atomic E-state index is 14.4. The van der Waals surface area contributed by atoms with Crippen molar-refractivity contribution in [2.75, 3.05) is 6.61 Å². The first-order valence-electron chi connectivity index (χ1n) is 8.55. The molecule has 132 valence electrons. The van der Waals surface area contributed by atoms with E-state index < -0.39 is 11.6 Å². The highest BCUT2D eigenvalue weighted by Gasteiger charge is 2.30. The van der Waals surface area contributed by atoms with Crippen molar-refractivity contribution in [1.29, 1.82) is 0 Å². The second-order valence-corrected chi connectivity index (χ2v) is 6.48. The van der Waals surface area contributed by atoms with Gasteiger partial charge in [-0.15, -0.1) is 0 Å². The first-order valence-corrected chi connectivity index (χ1v) is 8.55. The van der Waals surface area contributed by atoms with E-state index in [1.165, 1.54) is 12.1 Å². The molecule has 0 saturated carbocycles. The molecule has 0 spiro atoms. The van der Waals surface area contributed by atoms with E-state index in [4.69, 9.17) is 4.74 Å². The zero-order chi connectivity index (χ0) is 18.1. The minimum atomic E-state index is -0.842. The van der Waals surface area contributed by atoms with Crippen molar-refractivity contribution in [3.63, 3.8) is 0 Å². The third-order valence-electron chi connectivity index (χ3n) is 4.65. The summed E-state index contributed by atoms with van der Waals surface area (Å²) >= 11 is 0. The van der Waals surface area contributed by atoms with E-state index in [1.54, 1.807) is 30.3 Å². The topological polar surface area (TPSA) is 12.5 Å². The summed E-state index contributed by atoms with van der Waals surface area (Å²) in [7, 11) is 0. The van der Waals surface area contributed by atoms with Crippen molar-refractivity contribution in [2.45, 2.75) is 18.9 Å². The summed E-state index contributed by atoms with van der Waals surface area (Å²) < 4.78 is 46.8. The van der Waals surface area contributed by atoms with Gasteiger partial charge < -0.3 is 4.74 Å². The Balaban J connectivity index is 1.50. The van der Waals surface area contributed by atoms with Gasteiger partial charge in [0, 0.05) is 11.1 Å². The molecule has 3 aromatic carbocycles. The second-order valence-electron chi connectivity index (χ2n) is 6.48. The molecule has 0 aromatic heterocycles. The zero-order valence-corrected chi connectivity index (χ0v) is 14.0. The van der Waals surface area contributed by atoms with Crippen molar-refractivity contribution in [3.8, 4) is 11.1 Å². The highest BCUT2D eigenvalue weighted by Crippen LogP contribution is 2.35. The van der Waals surface area contributed by atoms with Crippen LogP contribution in [-0.2, 0) is 17.6 Å². The molecular weight excluding hydrogens is 337 g/mol. The van der Waals surface area contributed by atoms with Crippen molar-refractivity contribution in [2.24, 2.45) is 0 Å². The van der Waals surface area contributed by atoms with Crippen LogP contribution in [0.5, 0.6) is 0 Å². The van der Waals surface area contributed by atoms with Crippen LogP contribution in [0, 0.1) is 17.5 Å². The minimum absolute atomic E-state index is 0.239. The predicted molar refractivity (Wildman–Crippen MR) is 94.3 cm³/mol. The summed E-state index contributed by atoms with van der Waals surface area (Å²) in [5, 5.41) is 0. The third-order valence-corrected chi connectivity index (χ3v) is 4.65. The maximum absolute atomic E-state index is 14.4. The van der Waals surface area contributed by atoms with Crippen molar-refractivity contribution in [3.05, 3.63) is 94.8 Å². The standard InChI is InChI=1S/C22H17F3O/c23-17-3-1-2-15(12-17)5-4-14-6-8-16(9-7-14)18-10-11-19(20-13-26-20)22(25)21(18)24/h1-3,6-12,20H,4-5,13H2. The molecule has 26 heavy (non-hydrogen) atoms. The van der Waals surface area contributed by atoms with E-state index in [0.29, 0.717) is 12.2 Å². The van der Waals surface area contributed by atoms with Crippen LogP contribution in [0.3, 0.4) is 0 Å². The number of benzene rings is 3. The number of aryl methyl sites for hydroxylation is 2. The van der Waals surface area contributed by atoms with Crippen LogP contribution in [0.15, 0.2) is 60.7 Å². The van der Waals surface area contributed by atoms with Gasteiger partial charge in [-0.1, -0.05) is 48.5 Å². The van der Waals surface area contributed by atoms with Crippen LogP contribution in [0.2, 0.25) is 0 Å². The molecule has 0 aliphatic carbocycles. The quantitative estimate of drug-likeness (QED) is 0.541. The lowest BCUT2D eigenvalue weighted by Crippen LogP contribution is -1.97. The molecule has 0 amide bonds. The number of epoxide rings is 1. The third kappa shape index (κ3) is 3.51. The molecule has 1 saturated heterocycles. The maximum Gasteiger partial charge on any atom is 0.167 e. The SMILES string of the molecule is Fc1cccc(CCc2ccc(-c3ccc(C4CO4)c(F)c3F)cc2)c1. The van der Waals surface area contributed by atoms with Gasteiger partial charge in [0.15, 0.2) is 11.6 Å². The van der Waals surface area contributed by atoms with E-state index in [9.17, 15) is 13.2 Å². The van der Waals surface area contributed by atoms with E-state index >= 15 is 0 Å². The van der Waals surface area contributed by atoms with Crippen molar-refractivity contribution in [1.82, 2.24) is 0 Å². The molecule has 1 aliphatic rings. The molecule has 1 aliphatic heterocycles. The number of hydrogen-bond acceptors (Lipinski definition) is 1. The summed E-state index contributed by atoms with van der Waals surface area (Å²) in [5.74, 6) is -1.92. The highest BCUT2D eigenvalue weighted by molar-refractivity contribution is 5.65. The summed E-state index contributed by atoms with van der Waals surface area (Å²) in [6, 6.07) is 17.1. The molecule has 4 rings (SSSR count). The molecular formula is C22H17F3O. The Labute approximate surface area is 150 Å². The highest BCUT2D eigenvalue weighted by atomic mass is 19.2. The van der Waals surface area contributed by atoms with Crippen LogP contribution < -0.4 is 0 Å². The van der Waals surface area contributed by atoms with E-state index in [1.807, 2.05) is 18.2 Å². The lowest BCUT2D eigenvalue weighted by molar-refractivity contribution is 0.401. The Kier molecular flexibility index (Phi) is 4.51. The molecule has 1 nitrogen and oxygen atoms in total. The Hall–Kier alpha value is -2.59. The summed E-state index contributed by atoms with van der Waals surface area (Å²) in [5.41, 5.74) is 3.13. The molecule has 1 heterocycles. The van der Waals surface area contributed by atoms with Crippen molar-refractivity contribution < 1.29 is 17.9 Å². The van der Waals surface area contributed by atoms with Gasteiger partial charge in [0.2, 0.25) is 0 Å². The minimum Gasteiger partial charge on any atom is -0.368 e. The molecule has 0 bridgehead atoms. The zero-order valence-electron chi connectivity index (χ0n) is 14.0. The summed E-state index contributed by atoms with van der Waals surface area (Å²) in [6.45, 7) is 0.440. The van der Waals surface area contributed by atoms with Gasteiger partial charge in [-0.25, -0.2) is 13.2 Å². The van der Waals surface area contributed by atoms with E-state index in [0.717, 1.165) is 24.0 Å². The van der Waals surface area contributed by atoms with Crippen molar-refractivity contribution >= 4 is 0 Å². The number of halogens is 3. The lowest BCUT2D eigenvalue weighted by Gasteiger charge is -2.09. The van der Waals surface area contributed by atoms with Gasteiger partial charge in [-0.2, -0.15) is 0 Å². The number of ether oxygens (including phenoxy) is 1. The fraction of sp³-hybridized carbons (Fsp3) is 0.182. The molecule has 0 radical (unpaired) electrons. The second kappa shape index (κ2) is 6.96. The first kappa shape index (κ1) is 16.9. The molecule has 1 unspecified atom stereocenters. The summed E-state index contributed by atoms with van der Waals surface area (Å²) in [6.07, 6.45) is 1.15. The van der Waals surface area contributed by atoms with Gasteiger partial charge >= 0.3 is 0 Å². The number of rotatable bonds is 5. The monoisotopic (exact) mass is 354 g/mol. The first-order chi connectivity index (χ1) is 12.6. The molecule has 1 atom stereocenters. The Bertz CT molecular complexity index is 931. The van der Waals surface area contributed by atoms with Gasteiger partial charge in [0.25, 0.3) is 0 Å². The van der Waals surface area contributed by atoms with Crippen LogP contribution in [0.25, 0.3) is 11.1 Å². The van der Waals surface area contributed by atoms with Crippen LogP contribution in [-0.4, -0.2) is 6.61 Å². The average Bonchev–Trinajstić information content (AvgIpc) is 3.48. The molecule has 0 N–H and O–H groups in total. The fourth-order valence-electron chi connectivity index (χ4n) is 3.10. The van der Waals surface area contributed by atoms with Crippen LogP contribution in [0.1, 0.15) is 22.8 Å². The Morgan fingerprint density at radius 1 is 0.808 bits per heavy atom. The largest absolute Gasteiger partial charge is 0.368 e. The van der Waals surface area contributed by atoms with Gasteiger partial charge in [-0.05, 0) is 41.7 Å². The average molecular weight is 354 g/mol.